The summed E-state index contributed by atoms with van der Waals surface area (Å²) in [4.78, 5) is 3.31. The molecular weight excluding hydrogens is 474 g/mol. The highest BCUT2D eigenvalue weighted by atomic mass is 15.0. The molecule has 0 spiro atoms. The molecular formula is C36H23N3. The summed E-state index contributed by atoms with van der Waals surface area (Å²) < 4.78 is 140. The molecule has 0 bridgehead atoms. The van der Waals surface area contributed by atoms with E-state index in [1.807, 2.05) is 0 Å². The third kappa shape index (κ3) is 2.82. The monoisotopic (exact) mass is 513 g/mol. The van der Waals surface area contributed by atoms with Gasteiger partial charge >= 0.3 is 0 Å². The maximum atomic E-state index is 8.88. The number of H-pyrrole nitrogens is 1. The molecule has 9 rings (SSSR count). The van der Waals surface area contributed by atoms with Gasteiger partial charge in [-0.3, -0.25) is 0 Å². The number of hydrogen-bond acceptors (Lipinski definition) is 0. The van der Waals surface area contributed by atoms with Gasteiger partial charge in [-0.25, -0.2) is 0 Å². The fourth-order valence-corrected chi connectivity index (χ4v) is 5.51. The average molecular weight is 514 g/mol. The molecule has 6 aromatic carbocycles. The zero-order valence-electron chi connectivity index (χ0n) is 35.9. The molecule has 0 saturated heterocycles. The molecule has 0 fully saturated rings. The van der Waals surface area contributed by atoms with Gasteiger partial charge in [0.05, 0.1) is 44.0 Å². The minimum Gasteiger partial charge on any atom is -0.355 e. The van der Waals surface area contributed by atoms with Gasteiger partial charge in [0.25, 0.3) is 0 Å². The Hall–Kier alpha value is -5.28. The van der Waals surface area contributed by atoms with E-state index in [0.29, 0.717) is 33.2 Å². The molecule has 1 N–H and O–H groups in total. The molecule has 9 aromatic rings. The molecule has 0 unspecified atom stereocenters. The summed E-state index contributed by atoms with van der Waals surface area (Å²) in [5.74, 6) is 0. The summed E-state index contributed by atoms with van der Waals surface area (Å²) in [6.45, 7) is 0. The number of aromatic nitrogens is 3. The zero-order chi connectivity index (χ0) is 39.4. The van der Waals surface area contributed by atoms with Gasteiger partial charge in [0.15, 0.2) is 0 Å². The van der Waals surface area contributed by atoms with Gasteiger partial charge in [-0.1, -0.05) is 72.5 Å². The van der Waals surface area contributed by atoms with Gasteiger partial charge in [0.2, 0.25) is 0 Å². The van der Waals surface area contributed by atoms with Crippen LogP contribution in [0.1, 0.15) is 21.9 Å². The molecule has 3 heteroatoms. The maximum absolute atomic E-state index is 8.88. The number of nitrogens with zero attached hydrogens (tertiary/aromatic N) is 2. The van der Waals surface area contributed by atoms with E-state index in [1.165, 1.54) is 9.13 Å². The van der Waals surface area contributed by atoms with Gasteiger partial charge in [-0.2, -0.15) is 0 Å². The molecule has 3 heterocycles. The van der Waals surface area contributed by atoms with Crippen molar-refractivity contribution in [1.82, 2.24) is 14.1 Å². The van der Waals surface area contributed by atoms with Crippen LogP contribution >= 0.6 is 0 Å². The van der Waals surface area contributed by atoms with E-state index in [9.17, 15) is 0 Å². The molecule has 3 nitrogen and oxygen atoms in total. The molecule has 0 amide bonds. The lowest BCUT2D eigenvalue weighted by molar-refractivity contribution is 1.18. The van der Waals surface area contributed by atoms with E-state index in [-0.39, 0.29) is 43.6 Å². The van der Waals surface area contributed by atoms with Crippen molar-refractivity contribution in [2.24, 2.45) is 0 Å². The zero-order valence-corrected chi connectivity index (χ0v) is 19.9. The Labute approximate surface area is 246 Å². The van der Waals surface area contributed by atoms with Crippen molar-refractivity contribution >= 4 is 65.4 Å². The number of benzene rings is 6. The first kappa shape index (κ1) is 10.8. The van der Waals surface area contributed by atoms with Crippen molar-refractivity contribution in [2.75, 3.05) is 0 Å². The molecule has 0 radical (unpaired) electrons. The van der Waals surface area contributed by atoms with Crippen LogP contribution in [0.25, 0.3) is 76.8 Å². The second kappa shape index (κ2) is 7.62. The number of para-hydroxylation sites is 4. The van der Waals surface area contributed by atoms with E-state index >= 15 is 0 Å². The number of nitrogens with one attached hydrogen (secondary N) is 1. The molecule has 3 aromatic heterocycles. The standard InChI is InChI=1S/C36H23N3/c1-5-13-33-25(9-1)26-10-2-6-14-34(26)38(33)23-17-19-31-29(21-23)30-22-24(18-20-32(30)37-31)39-35-15-7-3-11-27(35)28-12-4-8-16-36(28)39/h1-22,37H/i1D,2D,3D,4D,5D,6D,7D,8D,9D,10D,11D,12D,13D,14D,15D,16D. The number of hydrogen-bond donors (Lipinski definition) is 1. The highest BCUT2D eigenvalue weighted by molar-refractivity contribution is 6.13. The summed E-state index contributed by atoms with van der Waals surface area (Å²) in [5, 5.41) is 0.889. The van der Waals surface area contributed by atoms with Gasteiger partial charge in [0.1, 0.15) is 0 Å². The van der Waals surface area contributed by atoms with Crippen LogP contribution in [0.15, 0.2) is 133 Å². The summed E-state index contributed by atoms with van der Waals surface area (Å²) in [6.07, 6.45) is 0. The third-order valence-electron chi connectivity index (χ3n) is 7.15. The Morgan fingerprint density at radius 3 is 1.10 bits per heavy atom. The Morgan fingerprint density at radius 2 is 0.744 bits per heavy atom. The average Bonchev–Trinajstić information content (AvgIpc) is 3.85. The normalized spacial score (nSPS) is 17.8. The summed E-state index contributed by atoms with van der Waals surface area (Å²) in [7, 11) is 0. The van der Waals surface area contributed by atoms with E-state index in [2.05, 4.69) is 4.98 Å². The van der Waals surface area contributed by atoms with Crippen molar-refractivity contribution in [3.63, 3.8) is 0 Å². The lowest BCUT2D eigenvalue weighted by Crippen LogP contribution is -1.94. The molecule has 0 aliphatic carbocycles. The van der Waals surface area contributed by atoms with E-state index < -0.39 is 96.7 Å². The highest BCUT2D eigenvalue weighted by Gasteiger charge is 2.15. The smallest absolute Gasteiger partial charge is 0.0645 e. The van der Waals surface area contributed by atoms with Crippen molar-refractivity contribution in [1.29, 1.82) is 0 Å². The Balaban J connectivity index is 1.41. The van der Waals surface area contributed by atoms with Crippen LogP contribution in [0.3, 0.4) is 0 Å². The van der Waals surface area contributed by atoms with Crippen LogP contribution in [0, 0.1) is 0 Å². The first-order valence-electron chi connectivity index (χ1n) is 20.1. The minimum atomic E-state index is -0.552. The van der Waals surface area contributed by atoms with Gasteiger partial charge in [-0.15, -0.1) is 0 Å². The first-order chi connectivity index (χ1) is 26.0. The van der Waals surface area contributed by atoms with Crippen LogP contribution < -0.4 is 0 Å². The topological polar surface area (TPSA) is 25.6 Å². The lowest BCUT2D eigenvalue weighted by atomic mass is 10.1. The lowest BCUT2D eigenvalue weighted by Gasteiger charge is -2.09. The van der Waals surface area contributed by atoms with Crippen molar-refractivity contribution in [3.8, 4) is 11.4 Å². The second-order valence-corrected chi connectivity index (χ2v) is 9.15. The van der Waals surface area contributed by atoms with Crippen molar-refractivity contribution < 1.29 is 21.9 Å². The van der Waals surface area contributed by atoms with E-state index in [4.69, 9.17) is 21.9 Å². The fraction of sp³-hybridized carbons (Fsp3) is 0. The van der Waals surface area contributed by atoms with E-state index in [0.717, 1.165) is 0 Å². The van der Waals surface area contributed by atoms with E-state index in [1.54, 1.807) is 36.4 Å². The van der Waals surface area contributed by atoms with Crippen LogP contribution in [0.4, 0.5) is 0 Å². The van der Waals surface area contributed by atoms with Crippen LogP contribution in [0.2, 0.25) is 0 Å². The van der Waals surface area contributed by atoms with Crippen LogP contribution in [-0.4, -0.2) is 14.1 Å². The predicted octanol–water partition coefficient (Wildman–Crippen LogP) is 9.52. The summed E-state index contributed by atoms with van der Waals surface area (Å²) in [5.41, 5.74) is 1.70. The van der Waals surface area contributed by atoms with Gasteiger partial charge in [0, 0.05) is 54.7 Å². The molecule has 0 atom stereocenters. The molecule has 0 saturated carbocycles. The number of fused-ring (bicyclic) bond motifs is 9. The summed E-state index contributed by atoms with van der Waals surface area (Å²) >= 11 is 0. The Kier molecular flexibility index (Phi) is 2.12. The molecule has 39 heavy (non-hydrogen) atoms. The fourth-order valence-electron chi connectivity index (χ4n) is 5.51. The first-order valence-corrected chi connectivity index (χ1v) is 12.1. The molecule has 0 aliphatic rings. The highest BCUT2D eigenvalue weighted by Crippen LogP contribution is 2.36. The predicted molar refractivity (Wildman–Crippen MR) is 164 cm³/mol. The second-order valence-electron chi connectivity index (χ2n) is 9.15. The Morgan fingerprint density at radius 1 is 0.410 bits per heavy atom. The maximum Gasteiger partial charge on any atom is 0.0645 e. The van der Waals surface area contributed by atoms with Gasteiger partial charge < -0.3 is 14.1 Å². The van der Waals surface area contributed by atoms with Gasteiger partial charge in [-0.05, 0) is 60.6 Å². The molecule has 182 valence electrons. The molecule has 0 aliphatic heterocycles. The quantitative estimate of drug-likeness (QED) is 0.238. The SMILES string of the molecule is [2H]c1c([2H])c([2H])c2c(c1[2H])c1c([2H])c([2H])c([2H])c([2H])c1n2-c1ccc2[nH]c3ccc(-n4c5c([2H])c([2H])c([2H])c([2H])c5c5c([2H])c([2H])c([2H])c([2H])c54)cc3c2c1. The minimum absolute atomic E-state index is 0.0403. The third-order valence-corrected chi connectivity index (χ3v) is 7.15. The van der Waals surface area contributed by atoms with Crippen molar-refractivity contribution in [2.45, 2.75) is 0 Å². The summed E-state index contributed by atoms with van der Waals surface area (Å²) in [6, 6.07) is 2.17. The largest absolute Gasteiger partial charge is 0.355 e. The van der Waals surface area contributed by atoms with Crippen molar-refractivity contribution in [3.05, 3.63) is 133 Å². The van der Waals surface area contributed by atoms with Crippen LogP contribution in [0.5, 0.6) is 0 Å². The number of rotatable bonds is 2. The Bertz CT molecular complexity index is 2910. The number of aromatic amines is 1. The van der Waals surface area contributed by atoms with Crippen LogP contribution in [-0.2, 0) is 0 Å².